The van der Waals surface area contributed by atoms with Crippen LogP contribution in [0.4, 0.5) is 5.69 Å². The Kier molecular flexibility index (Phi) is 4.38. The summed E-state index contributed by atoms with van der Waals surface area (Å²) in [5, 5.41) is 13.3. The minimum atomic E-state index is -1.09. The van der Waals surface area contributed by atoms with Gasteiger partial charge in [0.05, 0.1) is 15.7 Å². The summed E-state index contributed by atoms with van der Waals surface area (Å²) in [7, 11) is 0.695. The molecule has 1 rings (SSSR count). The highest BCUT2D eigenvalue weighted by molar-refractivity contribution is 7.85. The monoisotopic (exact) mass is 228 g/mol. The molecule has 1 aromatic rings. The zero-order valence-corrected chi connectivity index (χ0v) is 9.12. The van der Waals surface area contributed by atoms with Crippen LogP contribution in [0.2, 0.25) is 0 Å². The van der Waals surface area contributed by atoms with Gasteiger partial charge in [0.15, 0.2) is 0 Å². The number of non-ortho nitro benzene ring substituents is 1. The molecule has 6 heteroatoms. The zero-order chi connectivity index (χ0) is 11.3. The fourth-order valence-corrected chi connectivity index (χ4v) is 2.10. The summed E-state index contributed by atoms with van der Waals surface area (Å²) < 4.78 is 11.6. The van der Waals surface area contributed by atoms with E-state index in [9.17, 15) is 14.3 Å². The Morgan fingerprint density at radius 2 is 2.00 bits per heavy atom. The summed E-state index contributed by atoms with van der Waals surface area (Å²) >= 11 is 0. The van der Waals surface area contributed by atoms with Crippen LogP contribution < -0.4 is 5.32 Å². The third-order valence-corrected chi connectivity index (χ3v) is 3.22. The molecular weight excluding hydrogens is 216 g/mol. The predicted molar refractivity (Wildman–Crippen MR) is 58.3 cm³/mol. The first-order valence-electron chi connectivity index (χ1n) is 4.42. The maximum Gasteiger partial charge on any atom is 0.269 e. The summed E-state index contributed by atoms with van der Waals surface area (Å²) in [4.78, 5) is 10.5. The highest BCUT2D eigenvalue weighted by Gasteiger charge is 2.07. The van der Waals surface area contributed by atoms with Gasteiger partial charge in [0.1, 0.15) is 0 Å². The molecule has 0 aliphatic rings. The maximum absolute atomic E-state index is 11.6. The van der Waals surface area contributed by atoms with Crippen molar-refractivity contribution in [1.82, 2.24) is 5.32 Å². The summed E-state index contributed by atoms with van der Waals surface area (Å²) in [5.74, 6) is 0.508. The first-order valence-corrected chi connectivity index (χ1v) is 5.74. The zero-order valence-electron chi connectivity index (χ0n) is 8.30. The van der Waals surface area contributed by atoms with Crippen molar-refractivity contribution in [2.24, 2.45) is 0 Å². The molecule has 0 fully saturated rings. The average Bonchev–Trinajstić information content (AvgIpc) is 2.26. The van der Waals surface area contributed by atoms with Crippen molar-refractivity contribution in [2.75, 3.05) is 19.3 Å². The first kappa shape index (κ1) is 11.8. The molecule has 15 heavy (non-hydrogen) atoms. The Morgan fingerprint density at radius 3 is 2.47 bits per heavy atom. The van der Waals surface area contributed by atoms with Crippen molar-refractivity contribution >= 4 is 16.5 Å². The van der Waals surface area contributed by atoms with E-state index in [1.807, 2.05) is 0 Å². The Hall–Kier alpha value is -1.27. The normalized spacial score (nSPS) is 12.3. The second kappa shape index (κ2) is 5.57. The largest absolute Gasteiger partial charge is 0.319 e. The number of nitro groups is 1. The number of nitrogens with one attached hydrogen (secondary N) is 1. The molecule has 1 aromatic carbocycles. The van der Waals surface area contributed by atoms with E-state index >= 15 is 0 Å². The molecule has 0 aliphatic heterocycles. The van der Waals surface area contributed by atoms with Gasteiger partial charge in [-0.25, -0.2) is 0 Å². The van der Waals surface area contributed by atoms with Gasteiger partial charge in [-0.3, -0.25) is 14.3 Å². The Balaban J connectivity index is 2.71. The van der Waals surface area contributed by atoms with Gasteiger partial charge >= 0.3 is 0 Å². The lowest BCUT2D eigenvalue weighted by molar-refractivity contribution is -0.384. The average molecular weight is 228 g/mol. The Morgan fingerprint density at radius 1 is 1.40 bits per heavy atom. The third kappa shape index (κ3) is 3.41. The smallest absolute Gasteiger partial charge is 0.269 e. The predicted octanol–water partition coefficient (Wildman–Crippen LogP) is 0.922. The fourth-order valence-electron chi connectivity index (χ4n) is 1.03. The molecule has 0 amide bonds. The van der Waals surface area contributed by atoms with Gasteiger partial charge in [-0.1, -0.05) is 0 Å². The van der Waals surface area contributed by atoms with Gasteiger partial charge in [0.25, 0.3) is 5.69 Å². The van der Waals surface area contributed by atoms with Crippen LogP contribution in [0.5, 0.6) is 0 Å². The van der Waals surface area contributed by atoms with Crippen LogP contribution in [0.3, 0.4) is 0 Å². The minimum Gasteiger partial charge on any atom is -0.319 e. The minimum absolute atomic E-state index is 0.0179. The van der Waals surface area contributed by atoms with Gasteiger partial charge in [0, 0.05) is 29.3 Å². The molecule has 0 radical (unpaired) electrons. The SMILES string of the molecule is CNCCS(=O)c1ccc([N+](=O)[O-])cc1. The quantitative estimate of drug-likeness (QED) is 0.601. The molecule has 1 N–H and O–H groups in total. The summed E-state index contributed by atoms with van der Waals surface area (Å²) in [5.41, 5.74) is 0.0179. The Labute approximate surface area is 90.1 Å². The van der Waals surface area contributed by atoms with Crippen molar-refractivity contribution in [3.8, 4) is 0 Å². The van der Waals surface area contributed by atoms with Crippen molar-refractivity contribution in [3.63, 3.8) is 0 Å². The van der Waals surface area contributed by atoms with Gasteiger partial charge in [0.2, 0.25) is 0 Å². The molecule has 0 aromatic heterocycles. The van der Waals surface area contributed by atoms with Crippen LogP contribution >= 0.6 is 0 Å². The molecule has 0 spiro atoms. The number of benzene rings is 1. The number of rotatable bonds is 5. The fraction of sp³-hybridized carbons (Fsp3) is 0.333. The van der Waals surface area contributed by atoms with Crippen molar-refractivity contribution < 1.29 is 9.13 Å². The van der Waals surface area contributed by atoms with Crippen LogP contribution in [0.25, 0.3) is 0 Å². The lowest BCUT2D eigenvalue weighted by Gasteiger charge is -2.01. The highest BCUT2D eigenvalue weighted by Crippen LogP contribution is 2.14. The molecule has 82 valence electrons. The highest BCUT2D eigenvalue weighted by atomic mass is 32.2. The van der Waals surface area contributed by atoms with E-state index in [0.717, 1.165) is 0 Å². The van der Waals surface area contributed by atoms with Gasteiger partial charge in [-0.2, -0.15) is 0 Å². The van der Waals surface area contributed by atoms with Crippen LogP contribution in [0, 0.1) is 10.1 Å². The first-order chi connectivity index (χ1) is 7.15. The summed E-state index contributed by atoms with van der Waals surface area (Å²) in [6.45, 7) is 0.656. The van der Waals surface area contributed by atoms with Crippen molar-refractivity contribution in [2.45, 2.75) is 4.90 Å². The summed E-state index contributed by atoms with van der Waals surface area (Å²) in [6, 6.07) is 5.80. The second-order valence-electron chi connectivity index (χ2n) is 2.90. The molecule has 1 atom stereocenters. The summed E-state index contributed by atoms with van der Waals surface area (Å²) in [6.07, 6.45) is 0. The standard InChI is InChI=1S/C9H12N2O3S/c1-10-6-7-15(14)9-4-2-8(3-5-9)11(12)13/h2-5,10H,6-7H2,1H3. The maximum atomic E-state index is 11.6. The van der Waals surface area contributed by atoms with Crippen LogP contribution in [-0.2, 0) is 10.8 Å². The molecule has 0 bridgehead atoms. The van der Waals surface area contributed by atoms with E-state index in [0.29, 0.717) is 17.2 Å². The number of nitro benzene ring substituents is 1. The Bertz CT molecular complexity index is 364. The van der Waals surface area contributed by atoms with Crippen LogP contribution in [-0.4, -0.2) is 28.5 Å². The molecule has 0 saturated heterocycles. The molecule has 0 aliphatic carbocycles. The van der Waals surface area contributed by atoms with E-state index < -0.39 is 15.7 Å². The lowest BCUT2D eigenvalue weighted by Crippen LogP contribution is -2.15. The van der Waals surface area contributed by atoms with E-state index in [-0.39, 0.29) is 5.69 Å². The van der Waals surface area contributed by atoms with Crippen molar-refractivity contribution in [1.29, 1.82) is 0 Å². The third-order valence-electron chi connectivity index (χ3n) is 1.85. The van der Waals surface area contributed by atoms with Crippen LogP contribution in [0.15, 0.2) is 29.2 Å². The molecule has 0 saturated carbocycles. The number of hydrogen-bond donors (Lipinski definition) is 1. The topological polar surface area (TPSA) is 72.2 Å². The lowest BCUT2D eigenvalue weighted by atomic mass is 10.3. The molecule has 5 nitrogen and oxygen atoms in total. The number of nitrogens with zero attached hydrogens (tertiary/aromatic N) is 1. The molecule has 1 unspecified atom stereocenters. The van der Waals surface area contributed by atoms with Crippen molar-refractivity contribution in [3.05, 3.63) is 34.4 Å². The van der Waals surface area contributed by atoms with E-state index in [1.165, 1.54) is 24.3 Å². The number of hydrogen-bond acceptors (Lipinski definition) is 4. The van der Waals surface area contributed by atoms with Gasteiger partial charge in [-0.15, -0.1) is 0 Å². The molecule has 0 heterocycles. The van der Waals surface area contributed by atoms with Gasteiger partial charge in [-0.05, 0) is 19.2 Å². The van der Waals surface area contributed by atoms with Crippen LogP contribution in [0.1, 0.15) is 0 Å². The van der Waals surface area contributed by atoms with E-state index in [4.69, 9.17) is 0 Å². The second-order valence-corrected chi connectivity index (χ2v) is 4.47. The van der Waals surface area contributed by atoms with E-state index in [1.54, 1.807) is 7.05 Å². The van der Waals surface area contributed by atoms with E-state index in [2.05, 4.69) is 5.32 Å². The molecular formula is C9H12N2O3S. The van der Waals surface area contributed by atoms with Gasteiger partial charge < -0.3 is 5.32 Å².